The van der Waals surface area contributed by atoms with Crippen molar-refractivity contribution in [2.45, 2.75) is 52.0 Å². The first-order valence-electron chi connectivity index (χ1n) is 6.96. The maximum Gasteiger partial charge on any atom is 0.0847 e. The lowest BCUT2D eigenvalue weighted by atomic mass is 9.93. The molecule has 0 spiro atoms. The van der Waals surface area contributed by atoms with Crippen molar-refractivity contribution in [1.29, 1.82) is 0 Å². The molecule has 0 amide bonds. The molecule has 102 valence electrons. The van der Waals surface area contributed by atoms with Gasteiger partial charge in [-0.25, -0.2) is 0 Å². The number of aryl methyl sites for hydroxylation is 2. The Morgan fingerprint density at radius 3 is 2.72 bits per heavy atom. The van der Waals surface area contributed by atoms with Crippen LogP contribution in [-0.4, -0.2) is 15.8 Å². The molecule has 1 aliphatic rings. The minimum atomic E-state index is 0.217. The molecule has 0 saturated heterocycles. The zero-order valence-corrected chi connectivity index (χ0v) is 12.4. The summed E-state index contributed by atoms with van der Waals surface area (Å²) < 4.78 is 1.88. The van der Waals surface area contributed by atoms with E-state index in [-0.39, 0.29) is 6.04 Å². The Morgan fingerprint density at radius 2 is 2.22 bits per heavy atom. The standard InChI is InChI=1S/C14H24ClN3/c1-4-10-5-6-11(7-10)12(16)8-13-14(15)9(2)17-18(13)3/h10-12H,4-8,16H2,1-3H3. The van der Waals surface area contributed by atoms with Gasteiger partial charge in [0, 0.05) is 19.5 Å². The van der Waals surface area contributed by atoms with Crippen LogP contribution in [0.15, 0.2) is 0 Å². The van der Waals surface area contributed by atoms with Crippen molar-refractivity contribution in [3.05, 3.63) is 16.4 Å². The highest BCUT2D eigenvalue weighted by Gasteiger charge is 2.29. The van der Waals surface area contributed by atoms with Crippen molar-refractivity contribution in [2.24, 2.45) is 24.6 Å². The van der Waals surface area contributed by atoms with Crippen LogP contribution in [0.5, 0.6) is 0 Å². The van der Waals surface area contributed by atoms with Gasteiger partial charge < -0.3 is 5.73 Å². The quantitative estimate of drug-likeness (QED) is 0.913. The van der Waals surface area contributed by atoms with Gasteiger partial charge in [0.25, 0.3) is 0 Å². The maximum atomic E-state index is 6.38. The molecule has 0 radical (unpaired) electrons. The summed E-state index contributed by atoms with van der Waals surface area (Å²) in [7, 11) is 1.95. The molecule has 0 bridgehead atoms. The monoisotopic (exact) mass is 269 g/mol. The van der Waals surface area contributed by atoms with Crippen molar-refractivity contribution >= 4 is 11.6 Å². The molecule has 18 heavy (non-hydrogen) atoms. The van der Waals surface area contributed by atoms with Gasteiger partial charge in [0.1, 0.15) is 0 Å². The van der Waals surface area contributed by atoms with Gasteiger partial charge in [-0.1, -0.05) is 31.4 Å². The maximum absolute atomic E-state index is 6.38. The lowest BCUT2D eigenvalue weighted by molar-refractivity contribution is 0.399. The largest absolute Gasteiger partial charge is 0.327 e. The summed E-state index contributed by atoms with van der Waals surface area (Å²) in [6.45, 7) is 4.22. The van der Waals surface area contributed by atoms with E-state index in [0.29, 0.717) is 5.92 Å². The van der Waals surface area contributed by atoms with Gasteiger partial charge in [0.2, 0.25) is 0 Å². The highest BCUT2D eigenvalue weighted by molar-refractivity contribution is 6.31. The first-order valence-corrected chi connectivity index (χ1v) is 7.34. The van der Waals surface area contributed by atoms with Crippen LogP contribution in [0, 0.1) is 18.8 Å². The topological polar surface area (TPSA) is 43.8 Å². The Hall–Kier alpha value is -0.540. The van der Waals surface area contributed by atoms with Crippen molar-refractivity contribution in [1.82, 2.24) is 9.78 Å². The second-order valence-electron chi connectivity index (χ2n) is 5.69. The summed E-state index contributed by atoms with van der Waals surface area (Å²) in [5, 5.41) is 5.14. The van der Waals surface area contributed by atoms with Crippen molar-refractivity contribution in [2.75, 3.05) is 0 Å². The predicted molar refractivity (Wildman–Crippen MR) is 75.8 cm³/mol. The first kappa shape index (κ1) is 13.9. The lowest BCUT2D eigenvalue weighted by Gasteiger charge is -2.19. The number of hydrogen-bond acceptors (Lipinski definition) is 2. The Bertz CT molecular complexity index is 413. The summed E-state index contributed by atoms with van der Waals surface area (Å²) in [5.74, 6) is 1.53. The minimum Gasteiger partial charge on any atom is -0.327 e. The minimum absolute atomic E-state index is 0.217. The molecule has 3 unspecified atom stereocenters. The van der Waals surface area contributed by atoms with Gasteiger partial charge >= 0.3 is 0 Å². The van der Waals surface area contributed by atoms with Gasteiger partial charge in [0.15, 0.2) is 0 Å². The molecule has 0 aliphatic heterocycles. The van der Waals surface area contributed by atoms with E-state index in [1.165, 1.54) is 25.7 Å². The second kappa shape index (κ2) is 5.62. The number of nitrogens with two attached hydrogens (primary N) is 1. The Balaban J connectivity index is 2.01. The van der Waals surface area contributed by atoms with E-state index in [0.717, 1.165) is 28.7 Å². The molecule has 4 heteroatoms. The van der Waals surface area contributed by atoms with Crippen LogP contribution < -0.4 is 5.73 Å². The van der Waals surface area contributed by atoms with Crippen molar-refractivity contribution in [3.8, 4) is 0 Å². The fourth-order valence-electron chi connectivity index (χ4n) is 3.17. The Labute approximate surface area is 115 Å². The van der Waals surface area contributed by atoms with Crippen LogP contribution in [0.4, 0.5) is 0 Å². The average Bonchev–Trinajstić information content (AvgIpc) is 2.90. The third-order valence-electron chi connectivity index (χ3n) is 4.46. The highest BCUT2D eigenvalue weighted by Crippen LogP contribution is 2.35. The van der Waals surface area contributed by atoms with Crippen molar-refractivity contribution < 1.29 is 0 Å². The predicted octanol–water partition coefficient (Wildman–Crippen LogP) is 3.08. The van der Waals surface area contributed by atoms with E-state index in [1.807, 2.05) is 18.7 Å². The molecule has 1 aromatic heterocycles. The van der Waals surface area contributed by atoms with Crippen LogP contribution in [0.25, 0.3) is 0 Å². The molecule has 3 atom stereocenters. The van der Waals surface area contributed by atoms with Gasteiger partial charge in [-0.3, -0.25) is 4.68 Å². The van der Waals surface area contributed by atoms with E-state index in [1.54, 1.807) is 0 Å². The summed E-state index contributed by atoms with van der Waals surface area (Å²) in [5.41, 5.74) is 8.36. The third kappa shape index (κ3) is 2.72. The number of hydrogen-bond donors (Lipinski definition) is 1. The zero-order chi connectivity index (χ0) is 13.3. The lowest BCUT2D eigenvalue weighted by Crippen LogP contribution is -2.31. The number of aromatic nitrogens is 2. The molecule has 2 N–H and O–H groups in total. The highest BCUT2D eigenvalue weighted by atomic mass is 35.5. The fraction of sp³-hybridized carbons (Fsp3) is 0.786. The first-order chi connectivity index (χ1) is 8.52. The van der Waals surface area contributed by atoms with E-state index in [4.69, 9.17) is 17.3 Å². The molecule has 3 nitrogen and oxygen atoms in total. The van der Waals surface area contributed by atoms with E-state index < -0.39 is 0 Å². The number of rotatable bonds is 4. The Kier molecular flexibility index (Phi) is 4.33. The summed E-state index contributed by atoms with van der Waals surface area (Å²) >= 11 is 6.28. The van der Waals surface area contributed by atoms with E-state index in [2.05, 4.69) is 12.0 Å². The van der Waals surface area contributed by atoms with Gasteiger partial charge in [-0.15, -0.1) is 0 Å². The van der Waals surface area contributed by atoms with Crippen LogP contribution in [0.3, 0.4) is 0 Å². The van der Waals surface area contributed by atoms with Gasteiger partial charge in [-0.05, 0) is 31.6 Å². The smallest absolute Gasteiger partial charge is 0.0847 e. The molecular weight excluding hydrogens is 246 g/mol. The molecule has 2 rings (SSSR count). The summed E-state index contributed by atoms with van der Waals surface area (Å²) in [6, 6.07) is 0.217. The average molecular weight is 270 g/mol. The molecule has 0 aromatic carbocycles. The van der Waals surface area contributed by atoms with Crippen LogP contribution >= 0.6 is 11.6 Å². The van der Waals surface area contributed by atoms with Crippen LogP contribution in [0.2, 0.25) is 5.02 Å². The Morgan fingerprint density at radius 1 is 1.50 bits per heavy atom. The van der Waals surface area contributed by atoms with Gasteiger partial charge in [-0.2, -0.15) is 5.10 Å². The molecule has 1 aliphatic carbocycles. The number of nitrogens with zero attached hydrogens (tertiary/aromatic N) is 2. The van der Waals surface area contributed by atoms with Crippen LogP contribution in [0.1, 0.15) is 44.0 Å². The van der Waals surface area contributed by atoms with E-state index >= 15 is 0 Å². The molecule has 1 aromatic rings. The normalized spacial score (nSPS) is 25.6. The molecule has 1 fully saturated rings. The summed E-state index contributed by atoms with van der Waals surface area (Å²) in [4.78, 5) is 0. The van der Waals surface area contributed by atoms with Gasteiger partial charge in [0.05, 0.1) is 16.4 Å². The zero-order valence-electron chi connectivity index (χ0n) is 11.6. The fourth-order valence-corrected chi connectivity index (χ4v) is 3.40. The molecule has 1 heterocycles. The summed E-state index contributed by atoms with van der Waals surface area (Å²) in [6.07, 6.45) is 6.03. The van der Waals surface area contributed by atoms with Crippen molar-refractivity contribution in [3.63, 3.8) is 0 Å². The molecule has 1 saturated carbocycles. The third-order valence-corrected chi connectivity index (χ3v) is 4.95. The SMILES string of the molecule is CCC1CCC(C(N)Cc2c(Cl)c(C)nn2C)C1. The van der Waals surface area contributed by atoms with Crippen LogP contribution in [-0.2, 0) is 13.5 Å². The number of halogens is 1. The molecular formula is C14H24ClN3. The van der Waals surface area contributed by atoms with E-state index in [9.17, 15) is 0 Å². The second-order valence-corrected chi connectivity index (χ2v) is 6.06.